The first kappa shape index (κ1) is 50.8. The topological polar surface area (TPSA) is 220 Å². The number of fused-ring (bicyclic) bond motifs is 2. The highest BCUT2D eigenvalue weighted by Gasteiger charge is 2.31. The number of nitrogens with zero attached hydrogens (tertiary/aromatic N) is 1. The van der Waals surface area contributed by atoms with E-state index >= 15 is 0 Å². The Morgan fingerprint density at radius 2 is 1.29 bits per heavy atom. The molecule has 5 aromatic carbocycles. The van der Waals surface area contributed by atoms with Crippen LogP contribution in [-0.4, -0.2) is 67.1 Å². The van der Waals surface area contributed by atoms with Gasteiger partial charge in [-0.3, -0.25) is 19.8 Å². The Bertz CT molecular complexity index is 2640. The van der Waals surface area contributed by atoms with Crippen molar-refractivity contribution < 1.29 is 28.3 Å². The van der Waals surface area contributed by atoms with Gasteiger partial charge in [0.2, 0.25) is 17.7 Å². The largest absolute Gasteiger partial charge is 0.493 e. The number of carbonyl (C=O) groups is 3. The van der Waals surface area contributed by atoms with Crippen molar-refractivity contribution in [3.63, 3.8) is 0 Å². The molecule has 15 heteroatoms. The third-order valence-corrected chi connectivity index (χ3v) is 11.8. The van der Waals surface area contributed by atoms with E-state index in [-0.39, 0.29) is 30.6 Å². The normalized spacial score (nSPS) is 12.7. The van der Waals surface area contributed by atoms with Crippen molar-refractivity contribution in [2.45, 2.75) is 95.8 Å². The lowest BCUT2D eigenvalue weighted by atomic mass is 9.92. The quantitative estimate of drug-likeness (QED) is 0.0118. The molecular weight excluding hydrogens is 877 g/mol. The van der Waals surface area contributed by atoms with E-state index in [0.29, 0.717) is 73.6 Å². The molecule has 0 fully saturated rings. The van der Waals surface area contributed by atoms with Gasteiger partial charge in [-0.2, -0.15) is 0 Å². The van der Waals surface area contributed by atoms with Crippen molar-refractivity contribution in [1.29, 1.82) is 5.41 Å². The number of oxazole rings is 1. The smallest absolute Gasteiger partial charge is 0.258 e. The first-order valence-corrected chi connectivity index (χ1v) is 24.0. The first-order valence-electron chi connectivity index (χ1n) is 23.6. The van der Waals surface area contributed by atoms with Crippen LogP contribution in [0.25, 0.3) is 44.0 Å². The number of nitrogens with one attached hydrogen (secondary N) is 5. The van der Waals surface area contributed by atoms with Gasteiger partial charge >= 0.3 is 0 Å². The number of ether oxygens (including phenoxy) is 2. The van der Waals surface area contributed by atoms with E-state index in [1.165, 1.54) is 0 Å². The Kier molecular flexibility index (Phi) is 18.7. The molecule has 0 spiro atoms. The molecule has 0 aliphatic rings. The highest BCUT2D eigenvalue weighted by molar-refractivity contribution is 7.80. The van der Waals surface area contributed by atoms with E-state index < -0.39 is 42.5 Å². The number of guanidine groups is 1. The van der Waals surface area contributed by atoms with Gasteiger partial charge in [-0.05, 0) is 97.0 Å². The number of unbranched alkanes of at least 4 members (excludes halogenated alkanes) is 1. The monoisotopic (exact) mass is 942 g/mol. The number of aromatic nitrogens is 1. The Morgan fingerprint density at radius 1 is 0.706 bits per heavy atom. The predicted molar refractivity (Wildman–Crippen MR) is 273 cm³/mol. The number of amides is 3. The maximum absolute atomic E-state index is 14.3. The molecule has 3 amide bonds. The average molecular weight is 943 g/mol. The second-order valence-corrected chi connectivity index (χ2v) is 18.3. The maximum atomic E-state index is 14.3. The minimum absolute atomic E-state index is 0.135. The molecular formula is C53H66N8O6S. The summed E-state index contributed by atoms with van der Waals surface area (Å²) >= 11 is 4.59. The summed E-state index contributed by atoms with van der Waals surface area (Å²) in [5.74, 6) is 0.812. The molecule has 14 nitrogen and oxygen atoms in total. The second kappa shape index (κ2) is 25.0. The Labute approximate surface area is 404 Å². The standard InChI is InChI=1S/C53H66N8O6S/c1-33(2)27-30-65-43-25-23-35-15-8-10-19-38(35)46(43)47-39-20-11-9-16-36(39)24-26-44(47)66-32-45(62)58-40(21-12-13-28-54)49(63)59-41(22-14-29-57-53(55)56)50(64)60-42(31-34(3)4)51-61-52(68)48(67-51)37-17-6-5-7-18-37/h5-11,15-20,23-26,33-34,40-42,68H,12-14,21-22,27-32,54H2,1-4H3,(H,58,62)(H,59,63)(H,60,64)(H4,55,56,57)/t40-,41-,42+/m1/s1. The Hall–Kier alpha value is -6.58. The summed E-state index contributed by atoms with van der Waals surface area (Å²) in [6.07, 6.45) is 3.38. The van der Waals surface area contributed by atoms with Gasteiger partial charge in [0.25, 0.3) is 5.91 Å². The molecule has 3 atom stereocenters. The summed E-state index contributed by atoms with van der Waals surface area (Å²) in [5, 5.41) is 23.6. The minimum Gasteiger partial charge on any atom is -0.493 e. The van der Waals surface area contributed by atoms with Gasteiger partial charge in [0, 0.05) is 23.2 Å². The third-order valence-electron chi connectivity index (χ3n) is 11.5. The molecule has 6 rings (SSSR count). The highest BCUT2D eigenvalue weighted by Crippen LogP contribution is 2.45. The van der Waals surface area contributed by atoms with Crippen molar-refractivity contribution in [1.82, 2.24) is 26.3 Å². The van der Waals surface area contributed by atoms with Crippen molar-refractivity contribution in [2.24, 2.45) is 23.3 Å². The summed E-state index contributed by atoms with van der Waals surface area (Å²) in [6.45, 7) is 9.21. The van der Waals surface area contributed by atoms with Gasteiger partial charge in [0.15, 0.2) is 18.3 Å². The molecule has 0 unspecified atom stereocenters. The van der Waals surface area contributed by atoms with Crippen molar-refractivity contribution >= 4 is 57.9 Å². The van der Waals surface area contributed by atoms with Gasteiger partial charge in [-0.25, -0.2) is 4.98 Å². The van der Waals surface area contributed by atoms with Crippen LogP contribution in [0.2, 0.25) is 0 Å². The number of carbonyl (C=O) groups excluding carboxylic acids is 3. The van der Waals surface area contributed by atoms with Gasteiger partial charge < -0.3 is 46.6 Å². The Balaban J connectivity index is 1.24. The fourth-order valence-corrected chi connectivity index (χ4v) is 8.37. The molecule has 0 saturated carbocycles. The SMILES string of the molecule is CC(C)CCOc1ccc2ccccc2c1-c1c(OCC(=O)N[C@H](CCCCN)C(=O)N[C@H](CCCNC(=N)N)C(=O)N[C@@H](CC(C)C)c2nc(S)c(-c3ccccc3)o2)ccc2ccccc12. The van der Waals surface area contributed by atoms with E-state index in [9.17, 15) is 14.4 Å². The molecule has 0 bridgehead atoms. The number of benzene rings is 5. The maximum Gasteiger partial charge on any atom is 0.258 e. The van der Waals surface area contributed by atoms with Crippen LogP contribution in [0.5, 0.6) is 11.5 Å². The van der Waals surface area contributed by atoms with Gasteiger partial charge in [0.1, 0.15) is 34.7 Å². The summed E-state index contributed by atoms with van der Waals surface area (Å²) in [7, 11) is 0. The molecule has 6 aromatic rings. The zero-order valence-corrected chi connectivity index (χ0v) is 40.4. The van der Waals surface area contributed by atoms with Gasteiger partial charge in [-0.15, -0.1) is 12.6 Å². The zero-order valence-electron chi connectivity index (χ0n) is 39.5. The van der Waals surface area contributed by atoms with Gasteiger partial charge in [-0.1, -0.05) is 119 Å². The lowest BCUT2D eigenvalue weighted by Crippen LogP contribution is -2.54. The van der Waals surface area contributed by atoms with E-state index in [2.05, 4.69) is 70.9 Å². The van der Waals surface area contributed by atoms with E-state index in [1.807, 2.05) is 98.8 Å². The molecule has 9 N–H and O–H groups in total. The third kappa shape index (κ3) is 14.0. The fourth-order valence-electron chi connectivity index (χ4n) is 8.10. The lowest BCUT2D eigenvalue weighted by Gasteiger charge is -2.25. The molecule has 1 heterocycles. The summed E-state index contributed by atoms with van der Waals surface area (Å²) in [4.78, 5) is 47.2. The summed E-state index contributed by atoms with van der Waals surface area (Å²) in [6, 6.07) is 30.8. The van der Waals surface area contributed by atoms with E-state index in [0.717, 1.165) is 44.7 Å². The number of rotatable bonds is 25. The molecule has 68 heavy (non-hydrogen) atoms. The van der Waals surface area contributed by atoms with E-state index in [4.69, 9.17) is 30.8 Å². The fraction of sp³-hybridized carbons (Fsp3) is 0.377. The number of nitrogens with two attached hydrogens (primary N) is 2. The average Bonchev–Trinajstić information content (AvgIpc) is 3.72. The summed E-state index contributed by atoms with van der Waals surface area (Å²) < 4.78 is 19.2. The molecule has 0 aliphatic carbocycles. The van der Waals surface area contributed by atoms with Crippen LogP contribution in [0.15, 0.2) is 113 Å². The van der Waals surface area contributed by atoms with Crippen LogP contribution in [0.1, 0.15) is 84.6 Å². The van der Waals surface area contributed by atoms with Crippen molar-refractivity contribution in [3.8, 4) is 33.9 Å². The molecule has 360 valence electrons. The number of thiol groups is 1. The zero-order chi connectivity index (χ0) is 48.6. The van der Waals surface area contributed by atoms with Crippen LogP contribution < -0.4 is 42.2 Å². The summed E-state index contributed by atoms with van der Waals surface area (Å²) in [5.41, 5.74) is 13.8. The molecule has 0 radical (unpaired) electrons. The predicted octanol–water partition coefficient (Wildman–Crippen LogP) is 8.67. The highest BCUT2D eigenvalue weighted by atomic mass is 32.1. The van der Waals surface area contributed by atoms with Crippen LogP contribution in [-0.2, 0) is 14.4 Å². The molecule has 1 aromatic heterocycles. The number of hydrogen-bond acceptors (Lipinski definition) is 10. The van der Waals surface area contributed by atoms with Crippen molar-refractivity contribution in [2.75, 3.05) is 26.3 Å². The van der Waals surface area contributed by atoms with Crippen LogP contribution in [0.4, 0.5) is 0 Å². The van der Waals surface area contributed by atoms with Crippen LogP contribution in [0.3, 0.4) is 0 Å². The second-order valence-electron chi connectivity index (χ2n) is 17.8. The van der Waals surface area contributed by atoms with Crippen LogP contribution >= 0.6 is 12.6 Å². The lowest BCUT2D eigenvalue weighted by molar-refractivity contribution is -0.133. The number of hydrogen-bond donors (Lipinski definition) is 8. The van der Waals surface area contributed by atoms with Crippen molar-refractivity contribution in [3.05, 3.63) is 109 Å². The Morgan fingerprint density at radius 3 is 1.91 bits per heavy atom. The molecule has 0 saturated heterocycles. The van der Waals surface area contributed by atoms with E-state index in [1.54, 1.807) is 0 Å². The molecule has 0 aliphatic heterocycles. The minimum atomic E-state index is -1.03. The van der Waals surface area contributed by atoms with Gasteiger partial charge in [0.05, 0.1) is 6.61 Å². The first-order chi connectivity index (χ1) is 32.8. The van der Waals surface area contributed by atoms with Crippen LogP contribution in [0, 0.1) is 17.2 Å².